The quantitative estimate of drug-likeness (QED) is 0.798. The lowest BCUT2D eigenvalue weighted by atomic mass is 10.1. The van der Waals surface area contributed by atoms with Crippen LogP contribution in [0.25, 0.3) is 0 Å². The normalized spacial score (nSPS) is 17.6. The highest BCUT2D eigenvalue weighted by atomic mass is 35.5. The number of alkyl halides is 1. The first-order valence-electron chi connectivity index (χ1n) is 5.96. The lowest BCUT2D eigenvalue weighted by molar-refractivity contribution is 0.202. The molecule has 1 aliphatic rings. The zero-order chi connectivity index (χ0) is 12.5. The summed E-state index contributed by atoms with van der Waals surface area (Å²) in [6, 6.07) is 6.29. The van der Waals surface area contributed by atoms with Gasteiger partial charge in [0.05, 0.1) is 18.1 Å². The topological polar surface area (TPSA) is 39.9 Å². The average Bonchev–Trinajstić information content (AvgIpc) is 2.95. The van der Waals surface area contributed by atoms with E-state index in [1.54, 1.807) is 4.68 Å². The van der Waals surface area contributed by atoms with Crippen LogP contribution >= 0.6 is 11.6 Å². The summed E-state index contributed by atoms with van der Waals surface area (Å²) in [6.07, 6.45) is 2.92. The molecule has 18 heavy (non-hydrogen) atoms. The molecule has 5 heteroatoms. The highest BCUT2D eigenvalue weighted by molar-refractivity contribution is 6.16. The van der Waals surface area contributed by atoms with E-state index in [2.05, 4.69) is 29.4 Å². The summed E-state index contributed by atoms with van der Waals surface area (Å²) >= 11 is 5.70. The predicted molar refractivity (Wildman–Crippen MR) is 68.9 cm³/mol. The molecular weight excluding hydrogens is 250 g/mol. The van der Waals surface area contributed by atoms with Crippen molar-refractivity contribution in [2.45, 2.75) is 31.9 Å². The average molecular weight is 264 g/mol. The second-order valence-electron chi connectivity index (χ2n) is 4.62. The van der Waals surface area contributed by atoms with E-state index in [9.17, 15) is 0 Å². The summed E-state index contributed by atoms with van der Waals surface area (Å²) in [7, 11) is 0. The van der Waals surface area contributed by atoms with Crippen LogP contribution in [0.4, 0.5) is 0 Å². The standard InChI is InChI=1S/C13H14ClN3O/c1-9-2-3-13-10(4-9)5-12(18-13)8-17-7-11(6-14)15-16-17/h2-4,7,12H,5-6,8H2,1H3. The van der Waals surface area contributed by atoms with Gasteiger partial charge in [-0.3, -0.25) is 0 Å². The summed E-state index contributed by atoms with van der Waals surface area (Å²) in [4.78, 5) is 0. The van der Waals surface area contributed by atoms with E-state index in [1.807, 2.05) is 12.3 Å². The molecule has 0 saturated carbocycles. The number of aromatic nitrogens is 3. The largest absolute Gasteiger partial charge is 0.488 e. The molecule has 1 aromatic heterocycles. The Kier molecular flexibility index (Phi) is 2.96. The monoisotopic (exact) mass is 263 g/mol. The van der Waals surface area contributed by atoms with Crippen molar-refractivity contribution >= 4 is 11.6 Å². The van der Waals surface area contributed by atoms with Gasteiger partial charge in [-0.25, -0.2) is 4.68 Å². The lowest BCUT2D eigenvalue weighted by Crippen LogP contribution is -2.21. The molecule has 0 aliphatic carbocycles. The van der Waals surface area contributed by atoms with Crippen LogP contribution in [0.1, 0.15) is 16.8 Å². The molecular formula is C13H14ClN3O. The van der Waals surface area contributed by atoms with Crippen molar-refractivity contribution < 1.29 is 4.74 Å². The van der Waals surface area contributed by atoms with Gasteiger partial charge in [0.1, 0.15) is 11.9 Å². The second-order valence-corrected chi connectivity index (χ2v) is 4.89. The molecule has 4 nitrogen and oxygen atoms in total. The van der Waals surface area contributed by atoms with E-state index in [4.69, 9.17) is 16.3 Å². The maximum Gasteiger partial charge on any atom is 0.123 e. The maximum atomic E-state index is 5.89. The fourth-order valence-corrected chi connectivity index (χ4v) is 2.37. The van der Waals surface area contributed by atoms with Crippen molar-refractivity contribution in [1.82, 2.24) is 15.0 Å². The van der Waals surface area contributed by atoms with Gasteiger partial charge in [0.2, 0.25) is 0 Å². The third kappa shape index (κ3) is 2.20. The van der Waals surface area contributed by atoms with Gasteiger partial charge in [0.25, 0.3) is 0 Å². The Balaban J connectivity index is 1.70. The molecule has 0 saturated heterocycles. The molecule has 1 atom stereocenters. The number of rotatable bonds is 3. The van der Waals surface area contributed by atoms with Crippen LogP contribution in [0.3, 0.4) is 0 Å². The van der Waals surface area contributed by atoms with E-state index in [1.165, 1.54) is 11.1 Å². The Morgan fingerprint density at radius 3 is 3.17 bits per heavy atom. The van der Waals surface area contributed by atoms with Gasteiger partial charge in [-0.2, -0.15) is 0 Å². The van der Waals surface area contributed by atoms with E-state index >= 15 is 0 Å². The molecule has 0 radical (unpaired) electrons. The Hall–Kier alpha value is -1.55. The molecule has 2 aromatic rings. The van der Waals surface area contributed by atoms with Crippen molar-refractivity contribution in [2.75, 3.05) is 0 Å². The van der Waals surface area contributed by atoms with Crippen LogP contribution in [-0.2, 0) is 18.8 Å². The number of hydrogen-bond donors (Lipinski definition) is 0. The van der Waals surface area contributed by atoms with Crippen molar-refractivity contribution in [3.8, 4) is 5.75 Å². The number of benzene rings is 1. The van der Waals surface area contributed by atoms with Gasteiger partial charge >= 0.3 is 0 Å². The van der Waals surface area contributed by atoms with Gasteiger partial charge in [0, 0.05) is 12.6 Å². The van der Waals surface area contributed by atoms with E-state index in [0.717, 1.165) is 17.9 Å². The van der Waals surface area contributed by atoms with Crippen LogP contribution in [0, 0.1) is 6.92 Å². The number of halogens is 1. The first-order chi connectivity index (χ1) is 8.74. The zero-order valence-electron chi connectivity index (χ0n) is 10.1. The van der Waals surface area contributed by atoms with Crippen LogP contribution in [0.2, 0.25) is 0 Å². The summed E-state index contributed by atoms with van der Waals surface area (Å²) in [5.41, 5.74) is 3.34. The minimum Gasteiger partial charge on any atom is -0.488 e. The van der Waals surface area contributed by atoms with Gasteiger partial charge < -0.3 is 4.74 Å². The van der Waals surface area contributed by atoms with Crippen molar-refractivity contribution in [1.29, 1.82) is 0 Å². The van der Waals surface area contributed by atoms with E-state index in [-0.39, 0.29) is 6.10 Å². The molecule has 0 N–H and O–H groups in total. The Morgan fingerprint density at radius 1 is 1.50 bits per heavy atom. The van der Waals surface area contributed by atoms with Crippen molar-refractivity contribution in [3.05, 3.63) is 41.2 Å². The SMILES string of the molecule is Cc1ccc2c(c1)CC(Cn1cc(CCl)nn1)O2. The molecule has 94 valence electrons. The van der Waals surface area contributed by atoms with Gasteiger partial charge in [-0.05, 0) is 18.6 Å². The smallest absolute Gasteiger partial charge is 0.123 e. The number of ether oxygens (including phenoxy) is 1. The third-order valence-electron chi connectivity index (χ3n) is 3.07. The molecule has 1 unspecified atom stereocenters. The zero-order valence-corrected chi connectivity index (χ0v) is 10.9. The maximum absolute atomic E-state index is 5.89. The molecule has 1 aromatic carbocycles. The lowest BCUT2D eigenvalue weighted by Gasteiger charge is -2.09. The van der Waals surface area contributed by atoms with Gasteiger partial charge in [-0.1, -0.05) is 22.9 Å². The molecule has 1 aliphatic heterocycles. The molecule has 0 bridgehead atoms. The minimum absolute atomic E-state index is 0.131. The second kappa shape index (κ2) is 4.61. The fourth-order valence-electron chi connectivity index (χ4n) is 2.25. The third-order valence-corrected chi connectivity index (χ3v) is 3.34. The Labute approximate surface area is 111 Å². The van der Waals surface area contributed by atoms with E-state index in [0.29, 0.717) is 12.4 Å². The minimum atomic E-state index is 0.131. The molecule has 3 rings (SSSR count). The molecule has 0 spiro atoms. The van der Waals surface area contributed by atoms with Crippen LogP contribution < -0.4 is 4.74 Å². The summed E-state index contributed by atoms with van der Waals surface area (Å²) in [5.74, 6) is 1.38. The highest BCUT2D eigenvalue weighted by Gasteiger charge is 2.23. The van der Waals surface area contributed by atoms with Gasteiger partial charge in [-0.15, -0.1) is 16.7 Å². The summed E-state index contributed by atoms with van der Waals surface area (Å²) < 4.78 is 7.68. The first-order valence-corrected chi connectivity index (χ1v) is 6.49. The Morgan fingerprint density at radius 2 is 2.39 bits per heavy atom. The summed E-state index contributed by atoms with van der Waals surface area (Å²) in [6.45, 7) is 2.80. The molecule has 0 fully saturated rings. The highest BCUT2D eigenvalue weighted by Crippen LogP contribution is 2.29. The van der Waals surface area contributed by atoms with Gasteiger partial charge in [0.15, 0.2) is 0 Å². The predicted octanol–water partition coefficient (Wildman–Crippen LogP) is 2.33. The Bertz CT molecular complexity index is 567. The number of aryl methyl sites for hydroxylation is 1. The first kappa shape index (κ1) is 11.5. The fraction of sp³-hybridized carbons (Fsp3) is 0.385. The van der Waals surface area contributed by atoms with E-state index < -0.39 is 0 Å². The van der Waals surface area contributed by atoms with Crippen LogP contribution in [0.5, 0.6) is 5.75 Å². The molecule has 2 heterocycles. The number of hydrogen-bond acceptors (Lipinski definition) is 3. The number of fused-ring (bicyclic) bond motifs is 1. The number of nitrogens with zero attached hydrogens (tertiary/aromatic N) is 3. The van der Waals surface area contributed by atoms with Crippen LogP contribution in [0.15, 0.2) is 24.4 Å². The summed E-state index contributed by atoms with van der Waals surface area (Å²) in [5, 5.41) is 8.00. The van der Waals surface area contributed by atoms with Crippen molar-refractivity contribution in [3.63, 3.8) is 0 Å². The van der Waals surface area contributed by atoms with Crippen LogP contribution in [-0.4, -0.2) is 21.1 Å². The molecule has 0 amide bonds. The van der Waals surface area contributed by atoms with Crippen molar-refractivity contribution in [2.24, 2.45) is 0 Å².